The Bertz CT molecular complexity index is 1430. The van der Waals surface area contributed by atoms with Gasteiger partial charge in [-0.3, -0.25) is 4.79 Å². The van der Waals surface area contributed by atoms with Crippen LogP contribution in [0.2, 0.25) is 0 Å². The third kappa shape index (κ3) is 3.14. The summed E-state index contributed by atoms with van der Waals surface area (Å²) in [5, 5.41) is 6.08. The van der Waals surface area contributed by atoms with Crippen molar-refractivity contribution in [3.63, 3.8) is 0 Å². The second-order valence-corrected chi connectivity index (χ2v) is 6.93. The summed E-state index contributed by atoms with van der Waals surface area (Å²) < 4.78 is 7.00. The maximum Gasteiger partial charge on any atom is 0.364 e. The fourth-order valence-corrected chi connectivity index (χ4v) is 3.54. The molecule has 0 saturated heterocycles. The average molecular weight is 395 g/mol. The van der Waals surface area contributed by atoms with Crippen molar-refractivity contribution < 1.29 is 9.53 Å². The molecule has 0 saturated carbocycles. The van der Waals surface area contributed by atoms with Gasteiger partial charge >= 0.3 is 5.97 Å². The molecule has 2 heterocycles. The van der Waals surface area contributed by atoms with E-state index in [1.54, 1.807) is 36.5 Å². The molecular weight excluding hydrogens is 378 g/mol. The van der Waals surface area contributed by atoms with Crippen LogP contribution in [0, 0.1) is 0 Å². The first-order valence-corrected chi connectivity index (χ1v) is 9.53. The van der Waals surface area contributed by atoms with Gasteiger partial charge in [0.15, 0.2) is 5.69 Å². The van der Waals surface area contributed by atoms with Crippen LogP contribution in [0.15, 0.2) is 89.9 Å². The summed E-state index contributed by atoms with van der Waals surface area (Å²) in [5.74, 6) is -0.174. The Kier molecular flexibility index (Phi) is 4.37. The molecule has 0 bridgehead atoms. The fourth-order valence-electron chi connectivity index (χ4n) is 3.54. The zero-order valence-corrected chi connectivity index (χ0v) is 15.9. The molecule has 5 aromatic rings. The number of benzene rings is 3. The van der Waals surface area contributed by atoms with Crippen LogP contribution in [0.1, 0.15) is 16.1 Å². The molecule has 5 rings (SSSR count). The van der Waals surface area contributed by atoms with E-state index < -0.39 is 5.97 Å². The third-order valence-electron chi connectivity index (χ3n) is 4.99. The van der Waals surface area contributed by atoms with E-state index in [1.165, 1.54) is 4.68 Å². The van der Waals surface area contributed by atoms with Crippen molar-refractivity contribution in [2.45, 2.75) is 6.54 Å². The Balaban J connectivity index is 1.60. The monoisotopic (exact) mass is 395 g/mol. The van der Waals surface area contributed by atoms with Crippen molar-refractivity contribution in [2.24, 2.45) is 0 Å². The van der Waals surface area contributed by atoms with E-state index in [4.69, 9.17) is 4.74 Å². The third-order valence-corrected chi connectivity index (χ3v) is 4.99. The summed E-state index contributed by atoms with van der Waals surface area (Å²) >= 11 is 0. The summed E-state index contributed by atoms with van der Waals surface area (Å²) in [7, 11) is 0. The highest BCUT2D eigenvalue weighted by molar-refractivity contribution is 6.03. The van der Waals surface area contributed by atoms with Gasteiger partial charge in [-0.05, 0) is 29.8 Å². The van der Waals surface area contributed by atoms with Crippen LogP contribution in [-0.4, -0.2) is 20.7 Å². The quantitative estimate of drug-likeness (QED) is 0.366. The minimum Gasteiger partial charge on any atom is -0.421 e. The molecule has 30 heavy (non-hydrogen) atoms. The van der Waals surface area contributed by atoms with Crippen molar-refractivity contribution in [1.82, 2.24) is 14.8 Å². The number of nitrogens with one attached hydrogen (secondary N) is 1. The Hall–Kier alpha value is -4.19. The number of carbonyl (C=O) groups excluding carboxylic acids is 1. The SMILES string of the molecule is O=C(Oc1cccc2[nH]ccc12)c1nn(Cc2ccccc2)c(=O)c2ccccc12. The fraction of sp³-hybridized carbons (Fsp3) is 0.0417. The average Bonchev–Trinajstić information content (AvgIpc) is 3.26. The van der Waals surface area contributed by atoms with Crippen LogP contribution in [0.4, 0.5) is 0 Å². The smallest absolute Gasteiger partial charge is 0.364 e. The van der Waals surface area contributed by atoms with E-state index in [0.29, 0.717) is 16.5 Å². The number of nitrogens with zero attached hydrogens (tertiary/aromatic N) is 2. The number of esters is 1. The molecule has 0 radical (unpaired) electrons. The number of rotatable bonds is 4. The van der Waals surface area contributed by atoms with Crippen molar-refractivity contribution >= 4 is 27.6 Å². The van der Waals surface area contributed by atoms with Gasteiger partial charge in [-0.15, -0.1) is 0 Å². The number of fused-ring (bicyclic) bond motifs is 2. The van der Waals surface area contributed by atoms with Gasteiger partial charge in [0.05, 0.1) is 11.9 Å². The van der Waals surface area contributed by atoms with Gasteiger partial charge in [0.25, 0.3) is 5.56 Å². The lowest BCUT2D eigenvalue weighted by Crippen LogP contribution is -2.27. The van der Waals surface area contributed by atoms with Gasteiger partial charge in [-0.25, -0.2) is 9.48 Å². The van der Waals surface area contributed by atoms with Crippen LogP contribution < -0.4 is 10.3 Å². The number of H-pyrrole nitrogens is 1. The first-order chi connectivity index (χ1) is 14.7. The second-order valence-electron chi connectivity index (χ2n) is 6.93. The lowest BCUT2D eigenvalue weighted by atomic mass is 10.1. The van der Waals surface area contributed by atoms with Gasteiger partial charge in [-0.2, -0.15) is 5.10 Å². The van der Waals surface area contributed by atoms with Crippen LogP contribution in [0.3, 0.4) is 0 Å². The first-order valence-electron chi connectivity index (χ1n) is 9.53. The lowest BCUT2D eigenvalue weighted by molar-refractivity contribution is 0.0730. The largest absolute Gasteiger partial charge is 0.421 e. The number of carbonyl (C=O) groups is 1. The predicted octanol–water partition coefficient (Wildman–Crippen LogP) is 4.15. The van der Waals surface area contributed by atoms with Gasteiger partial charge < -0.3 is 9.72 Å². The zero-order valence-electron chi connectivity index (χ0n) is 15.9. The van der Waals surface area contributed by atoms with E-state index in [9.17, 15) is 9.59 Å². The van der Waals surface area contributed by atoms with Crippen LogP contribution >= 0.6 is 0 Å². The highest BCUT2D eigenvalue weighted by atomic mass is 16.5. The molecule has 0 aliphatic rings. The van der Waals surface area contributed by atoms with E-state index in [1.807, 2.05) is 48.5 Å². The second kappa shape index (κ2) is 7.33. The Morgan fingerprint density at radius 2 is 1.63 bits per heavy atom. The van der Waals surface area contributed by atoms with Crippen molar-refractivity contribution in [1.29, 1.82) is 0 Å². The summed E-state index contributed by atoms with van der Waals surface area (Å²) in [4.78, 5) is 29.1. The van der Waals surface area contributed by atoms with Gasteiger partial charge in [0, 0.05) is 22.5 Å². The van der Waals surface area contributed by atoms with Crippen LogP contribution in [-0.2, 0) is 6.54 Å². The minimum absolute atomic E-state index is 0.105. The molecule has 6 nitrogen and oxygen atoms in total. The maximum atomic E-state index is 13.1. The van der Waals surface area contributed by atoms with E-state index in [0.717, 1.165) is 16.5 Å². The normalized spacial score (nSPS) is 11.1. The van der Waals surface area contributed by atoms with Crippen molar-refractivity contribution in [3.8, 4) is 5.75 Å². The molecule has 2 aromatic heterocycles. The number of hydrogen-bond donors (Lipinski definition) is 1. The minimum atomic E-state index is -0.610. The Morgan fingerprint density at radius 3 is 2.47 bits per heavy atom. The molecule has 0 spiro atoms. The van der Waals surface area contributed by atoms with E-state index in [2.05, 4.69) is 10.1 Å². The Morgan fingerprint density at radius 1 is 0.867 bits per heavy atom. The van der Waals surface area contributed by atoms with Crippen molar-refractivity contribution in [3.05, 3.63) is 107 Å². The van der Waals surface area contributed by atoms with E-state index in [-0.39, 0.29) is 17.8 Å². The number of hydrogen-bond acceptors (Lipinski definition) is 4. The van der Waals surface area contributed by atoms with Crippen LogP contribution in [0.25, 0.3) is 21.7 Å². The first kappa shape index (κ1) is 17.9. The molecule has 146 valence electrons. The number of aromatic amines is 1. The summed E-state index contributed by atoms with van der Waals surface area (Å²) in [6.07, 6.45) is 1.79. The predicted molar refractivity (Wildman–Crippen MR) is 115 cm³/mol. The number of aromatic nitrogens is 3. The molecule has 0 amide bonds. The summed E-state index contributed by atoms with van der Waals surface area (Å²) in [6.45, 7) is 0.262. The standard InChI is InChI=1S/C24H17N3O3/c28-23-18-10-5-4-9-17(18)22(26-27(23)15-16-7-2-1-3-8-16)24(29)30-21-12-6-11-20-19(21)13-14-25-20/h1-14,25H,15H2. The lowest BCUT2D eigenvalue weighted by Gasteiger charge is -2.11. The molecule has 0 aliphatic heterocycles. The van der Waals surface area contributed by atoms with E-state index >= 15 is 0 Å². The summed E-state index contributed by atoms with van der Waals surface area (Å²) in [5.41, 5.74) is 1.64. The van der Waals surface area contributed by atoms with Gasteiger partial charge in [0.1, 0.15) is 5.75 Å². The van der Waals surface area contributed by atoms with Crippen LogP contribution in [0.5, 0.6) is 5.75 Å². The molecule has 0 unspecified atom stereocenters. The highest BCUT2D eigenvalue weighted by Gasteiger charge is 2.19. The topological polar surface area (TPSA) is 77.0 Å². The maximum absolute atomic E-state index is 13.1. The van der Waals surface area contributed by atoms with Gasteiger partial charge in [0.2, 0.25) is 0 Å². The highest BCUT2D eigenvalue weighted by Crippen LogP contribution is 2.26. The molecule has 0 aliphatic carbocycles. The van der Waals surface area contributed by atoms with Crippen molar-refractivity contribution in [2.75, 3.05) is 0 Å². The molecule has 6 heteroatoms. The molecule has 1 N–H and O–H groups in total. The summed E-state index contributed by atoms with van der Waals surface area (Å²) in [6, 6.07) is 23.8. The van der Waals surface area contributed by atoms with Gasteiger partial charge in [-0.1, -0.05) is 54.6 Å². The number of ether oxygens (including phenoxy) is 1. The zero-order chi connectivity index (χ0) is 20.5. The Labute approximate surface area is 171 Å². The molecular formula is C24H17N3O3. The molecule has 3 aromatic carbocycles. The molecule has 0 atom stereocenters. The molecule has 0 fully saturated rings.